The third-order valence-electron chi connectivity index (χ3n) is 5.20. The number of nitrogens with two attached hydrogens (primary N) is 1. The second-order valence-corrected chi connectivity index (χ2v) is 10.5. The monoisotopic (exact) mass is 318 g/mol. The van der Waals surface area contributed by atoms with Gasteiger partial charge < -0.3 is 5.73 Å². The first-order valence-corrected chi connectivity index (χ1v) is 9.90. The molecule has 0 radical (unpaired) electrons. The molecule has 21 heavy (non-hydrogen) atoms. The SMILES string of the molecule is CCN(CCS(=O)(=O)C(C)(C)C)C1(CN)CCC(C)CC1. The Balaban J connectivity index is 2.78. The molecule has 1 rings (SSSR count). The fourth-order valence-corrected chi connectivity index (χ4v) is 4.29. The van der Waals surface area contributed by atoms with Crippen LogP contribution < -0.4 is 5.73 Å². The Morgan fingerprint density at radius 3 is 2.14 bits per heavy atom. The van der Waals surface area contributed by atoms with E-state index in [1.165, 1.54) is 12.8 Å². The summed E-state index contributed by atoms with van der Waals surface area (Å²) < 4.78 is 24.0. The minimum atomic E-state index is -3.07. The van der Waals surface area contributed by atoms with Crippen LogP contribution in [0.15, 0.2) is 0 Å². The third-order valence-corrected chi connectivity index (χ3v) is 7.79. The third kappa shape index (κ3) is 4.42. The Hall–Kier alpha value is -0.130. The molecule has 0 spiro atoms. The largest absolute Gasteiger partial charge is 0.329 e. The number of nitrogens with zero attached hydrogens (tertiary/aromatic N) is 1. The van der Waals surface area contributed by atoms with Gasteiger partial charge >= 0.3 is 0 Å². The molecule has 0 aromatic rings. The van der Waals surface area contributed by atoms with Crippen LogP contribution in [0.2, 0.25) is 0 Å². The fourth-order valence-electron chi connectivity index (χ4n) is 3.22. The van der Waals surface area contributed by atoms with E-state index in [-0.39, 0.29) is 11.3 Å². The molecule has 2 N–H and O–H groups in total. The van der Waals surface area contributed by atoms with Crippen LogP contribution in [-0.4, -0.2) is 49.0 Å². The molecule has 0 aromatic heterocycles. The van der Waals surface area contributed by atoms with Crippen molar-refractivity contribution in [1.82, 2.24) is 4.90 Å². The molecule has 0 unspecified atom stereocenters. The molecule has 0 aliphatic heterocycles. The Morgan fingerprint density at radius 1 is 1.24 bits per heavy atom. The van der Waals surface area contributed by atoms with E-state index in [1.807, 2.05) is 0 Å². The number of hydrogen-bond donors (Lipinski definition) is 1. The van der Waals surface area contributed by atoms with Gasteiger partial charge in [-0.15, -0.1) is 0 Å². The molecular weight excluding hydrogens is 284 g/mol. The molecule has 1 saturated carbocycles. The van der Waals surface area contributed by atoms with Gasteiger partial charge in [0, 0.05) is 18.6 Å². The summed E-state index contributed by atoms with van der Waals surface area (Å²) in [5.41, 5.74) is 6.10. The second-order valence-electron chi connectivity index (χ2n) is 7.62. The van der Waals surface area contributed by atoms with Gasteiger partial charge in [-0.2, -0.15) is 0 Å². The highest BCUT2D eigenvalue weighted by molar-refractivity contribution is 7.92. The summed E-state index contributed by atoms with van der Waals surface area (Å²) in [7, 11) is -3.07. The topological polar surface area (TPSA) is 63.4 Å². The first-order chi connectivity index (χ1) is 9.58. The van der Waals surface area contributed by atoms with E-state index >= 15 is 0 Å². The lowest BCUT2D eigenvalue weighted by atomic mass is 9.76. The minimum Gasteiger partial charge on any atom is -0.329 e. The lowest BCUT2D eigenvalue weighted by Crippen LogP contribution is -2.57. The van der Waals surface area contributed by atoms with Gasteiger partial charge in [0.05, 0.1) is 10.5 Å². The van der Waals surface area contributed by atoms with Crippen molar-refractivity contribution in [3.63, 3.8) is 0 Å². The fraction of sp³-hybridized carbons (Fsp3) is 1.00. The summed E-state index contributed by atoms with van der Waals surface area (Å²) in [5.74, 6) is 0.989. The van der Waals surface area contributed by atoms with Crippen LogP contribution in [-0.2, 0) is 9.84 Å². The highest BCUT2D eigenvalue weighted by atomic mass is 32.2. The summed E-state index contributed by atoms with van der Waals surface area (Å²) >= 11 is 0. The van der Waals surface area contributed by atoms with Crippen molar-refractivity contribution in [3.05, 3.63) is 0 Å². The zero-order valence-electron chi connectivity index (χ0n) is 14.5. The number of hydrogen-bond acceptors (Lipinski definition) is 4. The van der Waals surface area contributed by atoms with Crippen molar-refractivity contribution >= 4 is 9.84 Å². The molecule has 4 nitrogen and oxygen atoms in total. The highest BCUT2D eigenvalue weighted by Crippen LogP contribution is 2.35. The van der Waals surface area contributed by atoms with Crippen LogP contribution >= 0.6 is 0 Å². The zero-order chi connectivity index (χ0) is 16.3. The van der Waals surface area contributed by atoms with Crippen molar-refractivity contribution in [2.45, 2.75) is 70.6 Å². The summed E-state index contributed by atoms with van der Waals surface area (Å²) in [4.78, 5) is 2.32. The van der Waals surface area contributed by atoms with Gasteiger partial charge in [0.2, 0.25) is 0 Å². The van der Waals surface area contributed by atoms with Crippen LogP contribution in [0.1, 0.15) is 60.3 Å². The molecule has 1 fully saturated rings. The van der Waals surface area contributed by atoms with E-state index in [0.717, 1.165) is 25.3 Å². The Labute approximate surface area is 131 Å². The van der Waals surface area contributed by atoms with E-state index in [1.54, 1.807) is 20.8 Å². The molecule has 0 amide bonds. The molecule has 1 aliphatic carbocycles. The number of sulfone groups is 1. The predicted molar refractivity (Wildman–Crippen MR) is 90.2 cm³/mol. The van der Waals surface area contributed by atoms with E-state index in [9.17, 15) is 8.42 Å². The normalized spacial score (nSPS) is 28.0. The second kappa shape index (κ2) is 6.97. The van der Waals surface area contributed by atoms with Crippen LogP contribution in [0.3, 0.4) is 0 Å². The zero-order valence-corrected chi connectivity index (χ0v) is 15.3. The van der Waals surface area contributed by atoms with Crippen LogP contribution in [0.4, 0.5) is 0 Å². The van der Waals surface area contributed by atoms with Gasteiger partial charge in [0.25, 0.3) is 0 Å². The van der Waals surface area contributed by atoms with E-state index < -0.39 is 14.6 Å². The molecule has 0 saturated heterocycles. The average molecular weight is 319 g/mol. The predicted octanol–water partition coefficient (Wildman–Crippen LogP) is 2.43. The average Bonchev–Trinajstić information content (AvgIpc) is 2.40. The minimum absolute atomic E-state index is 0.00860. The molecule has 126 valence electrons. The maximum absolute atomic E-state index is 12.3. The number of likely N-dealkylation sites (N-methyl/N-ethyl adjacent to an activating group) is 1. The quantitative estimate of drug-likeness (QED) is 0.817. The van der Waals surface area contributed by atoms with Crippen molar-refractivity contribution < 1.29 is 8.42 Å². The van der Waals surface area contributed by atoms with E-state index in [0.29, 0.717) is 13.1 Å². The van der Waals surface area contributed by atoms with Crippen molar-refractivity contribution in [1.29, 1.82) is 0 Å². The van der Waals surface area contributed by atoms with Gasteiger partial charge in [0.1, 0.15) is 0 Å². The van der Waals surface area contributed by atoms with E-state index in [4.69, 9.17) is 5.73 Å². The first-order valence-electron chi connectivity index (χ1n) is 8.25. The van der Waals surface area contributed by atoms with Gasteiger partial charge in [-0.05, 0) is 58.9 Å². The standard InChI is InChI=1S/C16H34N2O2S/c1-6-18(11-12-21(19,20)15(3,4)5)16(13-17)9-7-14(2)8-10-16/h14H,6-13,17H2,1-5H3. The molecule has 0 atom stereocenters. The van der Waals surface area contributed by atoms with Crippen molar-refractivity contribution in [3.8, 4) is 0 Å². The lowest BCUT2D eigenvalue weighted by Gasteiger charge is -2.47. The van der Waals surface area contributed by atoms with Crippen molar-refractivity contribution in [2.24, 2.45) is 11.7 Å². The van der Waals surface area contributed by atoms with Gasteiger partial charge in [-0.3, -0.25) is 4.90 Å². The Kier molecular flexibility index (Phi) is 6.28. The first kappa shape index (κ1) is 18.9. The van der Waals surface area contributed by atoms with Gasteiger partial charge in [0.15, 0.2) is 9.84 Å². The summed E-state index contributed by atoms with van der Waals surface area (Å²) in [5, 5.41) is 0. The molecule has 1 aliphatic rings. The van der Waals surface area contributed by atoms with E-state index in [2.05, 4.69) is 18.7 Å². The summed E-state index contributed by atoms with van der Waals surface area (Å²) in [6, 6.07) is 0. The molecule has 0 aromatic carbocycles. The number of rotatable bonds is 6. The maximum atomic E-state index is 12.3. The summed E-state index contributed by atoms with van der Waals surface area (Å²) in [6.07, 6.45) is 4.57. The van der Waals surface area contributed by atoms with Crippen LogP contribution in [0.25, 0.3) is 0 Å². The molecular formula is C16H34N2O2S. The molecule has 0 bridgehead atoms. The van der Waals surface area contributed by atoms with Gasteiger partial charge in [-0.25, -0.2) is 8.42 Å². The highest BCUT2D eigenvalue weighted by Gasteiger charge is 2.39. The Morgan fingerprint density at radius 2 is 1.76 bits per heavy atom. The maximum Gasteiger partial charge on any atom is 0.156 e. The van der Waals surface area contributed by atoms with Crippen LogP contribution in [0, 0.1) is 5.92 Å². The smallest absolute Gasteiger partial charge is 0.156 e. The van der Waals surface area contributed by atoms with Gasteiger partial charge in [-0.1, -0.05) is 13.8 Å². The molecule has 0 heterocycles. The van der Waals surface area contributed by atoms with Crippen molar-refractivity contribution in [2.75, 3.05) is 25.4 Å². The Bertz CT molecular complexity index is 418. The summed E-state index contributed by atoms with van der Waals surface area (Å²) in [6.45, 7) is 11.8. The van der Waals surface area contributed by atoms with Crippen LogP contribution in [0.5, 0.6) is 0 Å². The lowest BCUT2D eigenvalue weighted by molar-refractivity contribution is 0.0543. The molecule has 5 heteroatoms.